The second-order valence-electron chi connectivity index (χ2n) is 3.81. The lowest BCUT2D eigenvalue weighted by atomic mass is 10.0. The molecule has 3 heteroatoms. The van der Waals surface area contributed by atoms with Gasteiger partial charge in [0, 0.05) is 17.2 Å². The van der Waals surface area contributed by atoms with Gasteiger partial charge in [0.15, 0.2) is 0 Å². The number of ether oxygens (including phenoxy) is 2. The number of methoxy groups -OCH3 is 2. The van der Waals surface area contributed by atoms with Crippen LogP contribution in [0.2, 0.25) is 0 Å². The summed E-state index contributed by atoms with van der Waals surface area (Å²) in [6, 6.07) is 15.0. The molecule has 0 saturated carbocycles. The number of hydrogen-bond donors (Lipinski definition) is 1. The largest absolute Gasteiger partial charge is 0.497 e. The second kappa shape index (κ2) is 5.36. The first-order chi connectivity index (χ1) is 8.76. The van der Waals surface area contributed by atoms with Crippen LogP contribution in [0.5, 0.6) is 11.5 Å². The van der Waals surface area contributed by atoms with E-state index in [1.54, 1.807) is 20.3 Å². The van der Waals surface area contributed by atoms with Gasteiger partial charge in [-0.2, -0.15) is 0 Å². The lowest BCUT2D eigenvalue weighted by Gasteiger charge is -2.11. The lowest BCUT2D eigenvalue weighted by molar-refractivity contribution is 0.394. The van der Waals surface area contributed by atoms with E-state index in [0.717, 1.165) is 16.9 Å². The molecule has 0 amide bonds. The Kier molecular flexibility index (Phi) is 3.63. The highest BCUT2D eigenvalue weighted by molar-refractivity contribution is 6.12. The van der Waals surface area contributed by atoms with Gasteiger partial charge in [-0.05, 0) is 12.1 Å². The molecular weight excluding hydrogens is 226 g/mol. The predicted molar refractivity (Wildman–Crippen MR) is 71.9 cm³/mol. The molecule has 2 aromatic rings. The molecule has 0 fully saturated rings. The topological polar surface area (TPSA) is 42.3 Å². The lowest BCUT2D eigenvalue weighted by Crippen LogP contribution is -2.04. The molecule has 0 unspecified atom stereocenters. The zero-order valence-electron chi connectivity index (χ0n) is 10.4. The summed E-state index contributed by atoms with van der Waals surface area (Å²) >= 11 is 0. The summed E-state index contributed by atoms with van der Waals surface area (Å²) in [5.41, 5.74) is 2.06. The third-order valence-corrected chi connectivity index (χ3v) is 2.74. The van der Waals surface area contributed by atoms with Crippen LogP contribution >= 0.6 is 0 Å². The zero-order chi connectivity index (χ0) is 13.0. The Morgan fingerprint density at radius 3 is 2.28 bits per heavy atom. The first kappa shape index (κ1) is 12.2. The fourth-order valence-corrected chi connectivity index (χ4v) is 1.77. The van der Waals surface area contributed by atoms with Crippen molar-refractivity contribution in [3.05, 3.63) is 59.7 Å². The number of hydrogen-bond acceptors (Lipinski definition) is 3. The first-order valence-electron chi connectivity index (χ1n) is 5.62. The van der Waals surface area contributed by atoms with Crippen molar-refractivity contribution >= 4 is 5.71 Å². The highest BCUT2D eigenvalue weighted by atomic mass is 16.5. The molecule has 0 aliphatic rings. The van der Waals surface area contributed by atoms with Crippen molar-refractivity contribution in [2.75, 3.05) is 14.2 Å². The molecule has 0 bridgehead atoms. The summed E-state index contributed by atoms with van der Waals surface area (Å²) in [5, 5.41) is 8.22. The molecule has 0 aliphatic heterocycles. The Morgan fingerprint density at radius 1 is 0.944 bits per heavy atom. The van der Waals surface area contributed by atoms with Crippen LogP contribution in [0.25, 0.3) is 0 Å². The molecular formula is C15H15NO2. The van der Waals surface area contributed by atoms with E-state index in [-0.39, 0.29) is 0 Å². The number of rotatable bonds is 4. The van der Waals surface area contributed by atoms with Crippen LogP contribution in [0.3, 0.4) is 0 Å². The van der Waals surface area contributed by atoms with E-state index in [9.17, 15) is 0 Å². The first-order valence-corrected chi connectivity index (χ1v) is 5.62. The fraction of sp³-hybridized carbons (Fsp3) is 0.133. The van der Waals surface area contributed by atoms with Crippen LogP contribution in [0, 0.1) is 5.41 Å². The van der Waals surface area contributed by atoms with Crippen LogP contribution in [-0.4, -0.2) is 19.9 Å². The minimum Gasteiger partial charge on any atom is -0.497 e. The summed E-state index contributed by atoms with van der Waals surface area (Å²) in [6.07, 6.45) is 0. The molecule has 1 N–H and O–H groups in total. The van der Waals surface area contributed by atoms with Crippen LogP contribution in [0.1, 0.15) is 11.1 Å². The summed E-state index contributed by atoms with van der Waals surface area (Å²) in [4.78, 5) is 0. The van der Waals surface area contributed by atoms with Gasteiger partial charge < -0.3 is 9.47 Å². The standard InChI is InChI=1S/C15H15NO2/c1-17-12-8-9-13(14(10-12)18-2)15(16)11-6-4-3-5-7-11/h3-10,16H,1-2H3. The van der Waals surface area contributed by atoms with Gasteiger partial charge in [0.2, 0.25) is 0 Å². The van der Waals surface area contributed by atoms with E-state index >= 15 is 0 Å². The van der Waals surface area contributed by atoms with E-state index in [1.807, 2.05) is 42.5 Å². The maximum Gasteiger partial charge on any atom is 0.131 e. The maximum atomic E-state index is 8.22. The molecule has 18 heavy (non-hydrogen) atoms. The highest BCUT2D eigenvalue weighted by Gasteiger charge is 2.11. The molecule has 0 aromatic heterocycles. The van der Waals surface area contributed by atoms with E-state index in [0.29, 0.717) is 11.5 Å². The Hall–Kier alpha value is -2.29. The van der Waals surface area contributed by atoms with Crippen molar-refractivity contribution in [3.63, 3.8) is 0 Å². The van der Waals surface area contributed by atoms with Gasteiger partial charge in [-0.3, -0.25) is 5.41 Å². The molecule has 0 aliphatic carbocycles. The third-order valence-electron chi connectivity index (χ3n) is 2.74. The summed E-state index contributed by atoms with van der Waals surface area (Å²) in [6.45, 7) is 0. The Labute approximate surface area is 106 Å². The van der Waals surface area contributed by atoms with E-state index in [1.165, 1.54) is 0 Å². The van der Waals surface area contributed by atoms with Gasteiger partial charge in [-0.15, -0.1) is 0 Å². The normalized spacial score (nSPS) is 9.89. The van der Waals surface area contributed by atoms with Crippen LogP contribution in [0.4, 0.5) is 0 Å². The quantitative estimate of drug-likeness (QED) is 0.836. The predicted octanol–water partition coefficient (Wildman–Crippen LogP) is 3.12. The smallest absolute Gasteiger partial charge is 0.131 e. The van der Waals surface area contributed by atoms with E-state index in [4.69, 9.17) is 14.9 Å². The Morgan fingerprint density at radius 2 is 1.67 bits per heavy atom. The molecule has 0 atom stereocenters. The van der Waals surface area contributed by atoms with Crippen molar-refractivity contribution in [2.45, 2.75) is 0 Å². The van der Waals surface area contributed by atoms with E-state index in [2.05, 4.69) is 0 Å². The van der Waals surface area contributed by atoms with Gasteiger partial charge in [-0.25, -0.2) is 0 Å². The average molecular weight is 241 g/mol. The van der Waals surface area contributed by atoms with Crippen molar-refractivity contribution < 1.29 is 9.47 Å². The second-order valence-corrected chi connectivity index (χ2v) is 3.81. The number of benzene rings is 2. The fourth-order valence-electron chi connectivity index (χ4n) is 1.77. The molecule has 0 heterocycles. The van der Waals surface area contributed by atoms with Gasteiger partial charge in [0.05, 0.1) is 19.9 Å². The van der Waals surface area contributed by atoms with Crippen LogP contribution in [0.15, 0.2) is 48.5 Å². The van der Waals surface area contributed by atoms with Gasteiger partial charge in [-0.1, -0.05) is 30.3 Å². The monoisotopic (exact) mass is 241 g/mol. The Bertz CT molecular complexity index is 550. The van der Waals surface area contributed by atoms with Crippen LogP contribution < -0.4 is 9.47 Å². The zero-order valence-corrected chi connectivity index (χ0v) is 10.4. The minimum absolute atomic E-state index is 0.440. The maximum absolute atomic E-state index is 8.22. The van der Waals surface area contributed by atoms with Crippen LogP contribution in [-0.2, 0) is 0 Å². The highest BCUT2D eigenvalue weighted by Crippen LogP contribution is 2.26. The third kappa shape index (κ3) is 2.35. The molecule has 92 valence electrons. The minimum atomic E-state index is 0.440. The van der Waals surface area contributed by atoms with Crippen molar-refractivity contribution in [2.24, 2.45) is 0 Å². The molecule has 0 saturated heterocycles. The molecule has 2 aromatic carbocycles. The average Bonchev–Trinajstić information content (AvgIpc) is 2.46. The molecule has 3 nitrogen and oxygen atoms in total. The number of nitrogens with one attached hydrogen (secondary N) is 1. The van der Waals surface area contributed by atoms with Crippen molar-refractivity contribution in [3.8, 4) is 11.5 Å². The van der Waals surface area contributed by atoms with Gasteiger partial charge in [0.1, 0.15) is 11.5 Å². The van der Waals surface area contributed by atoms with Gasteiger partial charge in [0.25, 0.3) is 0 Å². The van der Waals surface area contributed by atoms with Crippen molar-refractivity contribution in [1.82, 2.24) is 0 Å². The van der Waals surface area contributed by atoms with E-state index < -0.39 is 0 Å². The van der Waals surface area contributed by atoms with Crippen molar-refractivity contribution in [1.29, 1.82) is 5.41 Å². The Balaban J connectivity index is 2.42. The molecule has 2 rings (SSSR count). The molecule has 0 radical (unpaired) electrons. The van der Waals surface area contributed by atoms with Gasteiger partial charge >= 0.3 is 0 Å². The summed E-state index contributed by atoms with van der Waals surface area (Å²) < 4.78 is 10.5. The summed E-state index contributed by atoms with van der Waals surface area (Å²) in [7, 11) is 3.20. The SMILES string of the molecule is COc1ccc(C(=N)c2ccccc2)c(OC)c1. The molecule has 0 spiro atoms. The summed E-state index contributed by atoms with van der Waals surface area (Å²) in [5.74, 6) is 1.36.